The molecule has 1 N–H and O–H groups in total. The number of methoxy groups -OCH3 is 1. The van der Waals surface area contributed by atoms with Gasteiger partial charge in [0, 0.05) is 39.4 Å². The van der Waals surface area contributed by atoms with E-state index in [0.29, 0.717) is 6.54 Å². The smallest absolute Gasteiger partial charge is 0.193 e. The lowest BCUT2D eigenvalue weighted by molar-refractivity contribution is 0.0625. The first-order valence-corrected chi connectivity index (χ1v) is 10.00. The maximum absolute atomic E-state index is 5.97. The molecular weight excluding hydrogens is 469 g/mol. The van der Waals surface area contributed by atoms with Gasteiger partial charge in [0.2, 0.25) is 0 Å². The summed E-state index contributed by atoms with van der Waals surface area (Å²) in [7, 11) is 3.76. The summed E-state index contributed by atoms with van der Waals surface area (Å²) in [6.07, 6.45) is 3.51. The monoisotopic (exact) mass is 505 g/mol. The third-order valence-electron chi connectivity index (χ3n) is 4.79. The fraction of sp³-hybridized carbons (Fsp3) is 0.667. The van der Waals surface area contributed by atoms with Crippen LogP contribution in [-0.4, -0.2) is 64.0 Å². The van der Waals surface area contributed by atoms with Gasteiger partial charge in [0.15, 0.2) is 5.96 Å². The van der Waals surface area contributed by atoms with Gasteiger partial charge in [-0.1, -0.05) is 6.07 Å². The summed E-state index contributed by atoms with van der Waals surface area (Å²) in [4.78, 5) is 6.99. The molecule has 1 aromatic carbocycles. The van der Waals surface area contributed by atoms with Crippen LogP contribution in [0.2, 0.25) is 0 Å². The van der Waals surface area contributed by atoms with Crippen molar-refractivity contribution >= 4 is 29.9 Å². The molecule has 28 heavy (non-hydrogen) atoms. The van der Waals surface area contributed by atoms with Gasteiger partial charge in [-0.15, -0.1) is 24.0 Å². The molecule has 0 aliphatic carbocycles. The number of benzene rings is 1. The van der Waals surface area contributed by atoms with Crippen LogP contribution in [0.1, 0.15) is 33.1 Å². The highest BCUT2D eigenvalue weighted by Gasteiger charge is 2.15. The third-order valence-corrected chi connectivity index (χ3v) is 4.79. The van der Waals surface area contributed by atoms with Gasteiger partial charge in [0.25, 0.3) is 0 Å². The lowest BCUT2D eigenvalue weighted by Gasteiger charge is -2.27. The zero-order valence-corrected chi connectivity index (χ0v) is 20.0. The van der Waals surface area contributed by atoms with Crippen LogP contribution in [-0.2, 0) is 4.74 Å². The molecule has 1 atom stereocenters. The van der Waals surface area contributed by atoms with Gasteiger partial charge in [-0.25, -0.2) is 4.99 Å². The van der Waals surface area contributed by atoms with Crippen molar-refractivity contribution < 1.29 is 14.2 Å². The van der Waals surface area contributed by atoms with Crippen molar-refractivity contribution in [3.8, 4) is 11.5 Å². The molecule has 1 heterocycles. The van der Waals surface area contributed by atoms with Crippen LogP contribution < -0.4 is 14.8 Å². The number of rotatable bonds is 9. The summed E-state index contributed by atoms with van der Waals surface area (Å²) in [6, 6.07) is 7.67. The van der Waals surface area contributed by atoms with Crippen molar-refractivity contribution in [2.24, 2.45) is 10.9 Å². The van der Waals surface area contributed by atoms with E-state index in [4.69, 9.17) is 19.2 Å². The van der Waals surface area contributed by atoms with Gasteiger partial charge in [-0.05, 0) is 51.2 Å². The van der Waals surface area contributed by atoms with Crippen LogP contribution in [0.15, 0.2) is 29.3 Å². The van der Waals surface area contributed by atoms with Crippen molar-refractivity contribution in [2.75, 3.05) is 47.0 Å². The minimum absolute atomic E-state index is 0. The molecule has 160 valence electrons. The Morgan fingerprint density at radius 1 is 1.32 bits per heavy atom. The second kappa shape index (κ2) is 13.9. The number of nitrogens with one attached hydrogen (secondary N) is 1. The Kier molecular flexibility index (Phi) is 12.3. The van der Waals surface area contributed by atoms with E-state index in [9.17, 15) is 0 Å². The first kappa shape index (κ1) is 24.8. The highest BCUT2D eigenvalue weighted by molar-refractivity contribution is 14.0. The molecule has 0 saturated carbocycles. The van der Waals surface area contributed by atoms with Crippen molar-refractivity contribution in [1.29, 1.82) is 0 Å². The predicted molar refractivity (Wildman–Crippen MR) is 125 cm³/mol. The average molecular weight is 505 g/mol. The highest BCUT2D eigenvalue weighted by Crippen LogP contribution is 2.20. The van der Waals surface area contributed by atoms with E-state index in [1.54, 1.807) is 7.11 Å². The SMILES string of the molecule is CCNC(=NCC(C)Oc1cccc(OC)c1)N(C)CCC1CCOCC1.I. The maximum atomic E-state index is 5.97. The summed E-state index contributed by atoms with van der Waals surface area (Å²) in [6.45, 7) is 8.39. The minimum Gasteiger partial charge on any atom is -0.497 e. The molecule has 0 spiro atoms. The lowest BCUT2D eigenvalue weighted by atomic mass is 9.96. The van der Waals surface area contributed by atoms with Gasteiger partial charge in [-0.2, -0.15) is 0 Å². The van der Waals surface area contributed by atoms with Crippen LogP contribution in [0.3, 0.4) is 0 Å². The van der Waals surface area contributed by atoms with Crippen molar-refractivity contribution in [2.45, 2.75) is 39.2 Å². The van der Waals surface area contributed by atoms with Gasteiger partial charge in [0.1, 0.15) is 17.6 Å². The van der Waals surface area contributed by atoms with Crippen LogP contribution in [0.4, 0.5) is 0 Å². The van der Waals surface area contributed by atoms with Gasteiger partial charge in [0.05, 0.1) is 13.7 Å². The lowest BCUT2D eigenvalue weighted by Crippen LogP contribution is -2.40. The number of hydrogen-bond donors (Lipinski definition) is 1. The van der Waals surface area contributed by atoms with Gasteiger partial charge >= 0.3 is 0 Å². The normalized spacial score (nSPS) is 16.1. The fourth-order valence-electron chi connectivity index (χ4n) is 3.15. The molecule has 0 amide bonds. The molecule has 1 saturated heterocycles. The zero-order valence-electron chi connectivity index (χ0n) is 17.6. The highest BCUT2D eigenvalue weighted by atomic mass is 127. The summed E-state index contributed by atoms with van der Waals surface area (Å²) in [5.74, 6) is 3.30. The van der Waals surface area contributed by atoms with Crippen molar-refractivity contribution in [3.05, 3.63) is 24.3 Å². The minimum atomic E-state index is -0.0188. The molecule has 0 bridgehead atoms. The van der Waals surface area contributed by atoms with E-state index < -0.39 is 0 Å². The summed E-state index contributed by atoms with van der Waals surface area (Å²) in [5, 5.41) is 3.38. The van der Waals surface area contributed by atoms with Gasteiger partial charge in [-0.3, -0.25) is 0 Å². The van der Waals surface area contributed by atoms with Crippen LogP contribution in [0, 0.1) is 5.92 Å². The van der Waals surface area contributed by atoms with Crippen molar-refractivity contribution in [1.82, 2.24) is 10.2 Å². The molecule has 0 radical (unpaired) electrons. The Labute approximate surface area is 187 Å². The third kappa shape index (κ3) is 8.86. The van der Waals surface area contributed by atoms with Crippen molar-refractivity contribution in [3.63, 3.8) is 0 Å². The molecule has 1 aromatic rings. The average Bonchev–Trinajstić information content (AvgIpc) is 2.70. The second-order valence-electron chi connectivity index (χ2n) is 7.07. The quantitative estimate of drug-likeness (QED) is 0.315. The van der Waals surface area contributed by atoms with E-state index >= 15 is 0 Å². The van der Waals surface area contributed by atoms with E-state index in [1.807, 2.05) is 31.2 Å². The Morgan fingerprint density at radius 2 is 2.04 bits per heavy atom. The second-order valence-corrected chi connectivity index (χ2v) is 7.07. The first-order chi connectivity index (χ1) is 13.1. The largest absolute Gasteiger partial charge is 0.497 e. The topological polar surface area (TPSA) is 55.3 Å². The van der Waals surface area contributed by atoms with E-state index in [2.05, 4.69) is 24.2 Å². The number of hydrogen-bond acceptors (Lipinski definition) is 4. The molecule has 0 aromatic heterocycles. The number of guanidine groups is 1. The predicted octanol–water partition coefficient (Wildman–Crippen LogP) is 3.79. The van der Waals surface area contributed by atoms with E-state index in [0.717, 1.165) is 49.7 Å². The molecule has 6 nitrogen and oxygen atoms in total. The number of halogens is 1. The molecule has 7 heteroatoms. The molecule has 1 aliphatic rings. The molecular formula is C21H36IN3O3. The van der Waals surface area contributed by atoms with Crippen LogP contribution in [0.25, 0.3) is 0 Å². The number of ether oxygens (including phenoxy) is 3. The standard InChI is InChI=1S/C21H35N3O3.HI/c1-5-22-21(24(3)12-9-18-10-13-26-14-11-18)23-16-17(2)27-20-8-6-7-19(15-20)25-4;/h6-8,15,17-18H,5,9-14,16H2,1-4H3,(H,22,23);1H. The van der Waals surface area contributed by atoms with Gasteiger partial charge < -0.3 is 24.4 Å². The van der Waals surface area contributed by atoms with Crippen LogP contribution >= 0.6 is 24.0 Å². The summed E-state index contributed by atoms with van der Waals surface area (Å²) in [5.41, 5.74) is 0. The first-order valence-electron chi connectivity index (χ1n) is 10.00. The summed E-state index contributed by atoms with van der Waals surface area (Å²) >= 11 is 0. The Hall–Kier alpha value is -1.22. The van der Waals surface area contributed by atoms with Crippen LogP contribution in [0.5, 0.6) is 11.5 Å². The Morgan fingerprint density at radius 3 is 2.71 bits per heavy atom. The Bertz CT molecular complexity index is 580. The number of nitrogens with zero attached hydrogens (tertiary/aromatic N) is 2. The maximum Gasteiger partial charge on any atom is 0.193 e. The zero-order chi connectivity index (χ0) is 19.5. The molecule has 2 rings (SSSR count). The Balaban J connectivity index is 0.00000392. The molecule has 1 fully saturated rings. The summed E-state index contributed by atoms with van der Waals surface area (Å²) < 4.78 is 16.7. The molecule has 1 unspecified atom stereocenters. The number of aliphatic imine (C=N–C) groups is 1. The van der Waals surface area contributed by atoms with E-state index in [-0.39, 0.29) is 30.1 Å². The molecule has 1 aliphatic heterocycles. The van der Waals surface area contributed by atoms with E-state index in [1.165, 1.54) is 19.3 Å². The fourth-order valence-corrected chi connectivity index (χ4v) is 3.15.